The number of hydrogen-bond donors (Lipinski definition) is 2. The Labute approximate surface area is 59.0 Å². The number of nitrogens with one attached hydrogen (secondary N) is 1. The topological polar surface area (TPSA) is 61.7 Å². The summed E-state index contributed by atoms with van der Waals surface area (Å²) in [5, 5.41) is 11.5. The third kappa shape index (κ3) is 1.80. The molecule has 1 aliphatic heterocycles. The van der Waals surface area contributed by atoms with Crippen LogP contribution in [-0.4, -0.2) is 36.4 Å². The predicted octanol–water partition coefficient (Wildman–Crippen LogP) is -0.496. The molecule has 0 saturated carbocycles. The molecule has 2 N–H and O–H groups in total. The number of hydrogen-bond acceptors (Lipinski definition) is 3. The maximum atomic E-state index is 10.4. The van der Waals surface area contributed by atoms with Crippen LogP contribution in [-0.2, 0) is 4.79 Å². The van der Waals surface area contributed by atoms with Gasteiger partial charge in [-0.1, -0.05) is 0 Å². The van der Waals surface area contributed by atoms with Gasteiger partial charge in [0.15, 0.2) is 6.04 Å². The molecule has 1 unspecified atom stereocenters. The summed E-state index contributed by atoms with van der Waals surface area (Å²) in [5.41, 5.74) is 0. The fraction of sp³-hybridized carbons (Fsp3) is 0.667. The first-order valence-electron chi connectivity index (χ1n) is 3.26. The van der Waals surface area contributed by atoms with Crippen LogP contribution in [0.3, 0.4) is 0 Å². The molecule has 10 heavy (non-hydrogen) atoms. The molecule has 4 nitrogen and oxygen atoms in total. The van der Waals surface area contributed by atoms with Gasteiger partial charge in [-0.3, -0.25) is 4.99 Å². The Bertz CT molecular complexity index is 156. The Morgan fingerprint density at radius 3 is 3.30 bits per heavy atom. The Morgan fingerprint density at radius 1 is 1.80 bits per heavy atom. The molecule has 4 heteroatoms. The van der Waals surface area contributed by atoms with Gasteiger partial charge in [-0.05, 0) is 6.42 Å². The summed E-state index contributed by atoms with van der Waals surface area (Å²) in [7, 11) is 0. The summed E-state index contributed by atoms with van der Waals surface area (Å²) in [6.45, 7) is 1.28. The monoisotopic (exact) mass is 142 g/mol. The highest BCUT2D eigenvalue weighted by Crippen LogP contribution is 1.92. The molecule has 0 aromatic carbocycles. The molecule has 1 heterocycles. The minimum absolute atomic E-state index is 0.450. The number of aliphatic carboxylic acids is 1. The molecular weight excluding hydrogens is 132 g/mol. The summed E-state index contributed by atoms with van der Waals surface area (Å²) in [6, 6.07) is -0.581. The first-order chi connectivity index (χ1) is 4.80. The van der Waals surface area contributed by atoms with Crippen LogP contribution in [0.1, 0.15) is 6.42 Å². The Morgan fingerprint density at radius 2 is 2.60 bits per heavy atom. The van der Waals surface area contributed by atoms with Crippen molar-refractivity contribution in [2.75, 3.05) is 13.1 Å². The molecule has 1 aliphatic rings. The normalized spacial score (nSPS) is 25.8. The molecular formula is C6H10N2O2. The fourth-order valence-corrected chi connectivity index (χ4v) is 0.811. The van der Waals surface area contributed by atoms with Crippen LogP contribution in [0.25, 0.3) is 0 Å². The van der Waals surface area contributed by atoms with E-state index in [1.54, 1.807) is 6.21 Å². The highest BCUT2D eigenvalue weighted by molar-refractivity contribution is 5.76. The van der Waals surface area contributed by atoms with Gasteiger partial charge >= 0.3 is 5.97 Å². The van der Waals surface area contributed by atoms with Crippen LogP contribution < -0.4 is 5.32 Å². The molecule has 0 radical (unpaired) electrons. The van der Waals surface area contributed by atoms with Crippen molar-refractivity contribution >= 4 is 12.2 Å². The number of carboxylic acids is 1. The van der Waals surface area contributed by atoms with Gasteiger partial charge in [-0.15, -0.1) is 0 Å². The van der Waals surface area contributed by atoms with Gasteiger partial charge in [-0.25, -0.2) is 4.79 Å². The van der Waals surface area contributed by atoms with E-state index in [0.717, 1.165) is 13.0 Å². The van der Waals surface area contributed by atoms with Crippen molar-refractivity contribution in [3.63, 3.8) is 0 Å². The number of carboxylic acid groups (broad SMARTS) is 1. The summed E-state index contributed by atoms with van der Waals surface area (Å²) < 4.78 is 0. The number of carbonyl (C=O) groups is 1. The zero-order valence-electron chi connectivity index (χ0n) is 5.58. The second kappa shape index (κ2) is 3.31. The van der Waals surface area contributed by atoms with Gasteiger partial charge in [0.05, 0.1) is 0 Å². The Hall–Kier alpha value is -0.900. The molecule has 0 aromatic rings. The van der Waals surface area contributed by atoms with E-state index in [4.69, 9.17) is 5.11 Å². The number of rotatable bonds is 1. The lowest BCUT2D eigenvalue weighted by Crippen LogP contribution is -2.30. The zero-order valence-corrected chi connectivity index (χ0v) is 5.58. The third-order valence-corrected chi connectivity index (χ3v) is 1.36. The smallest absolute Gasteiger partial charge is 0.329 e. The molecule has 56 valence electrons. The maximum Gasteiger partial charge on any atom is 0.329 e. The van der Waals surface area contributed by atoms with Crippen LogP contribution >= 0.6 is 0 Å². The van der Waals surface area contributed by atoms with E-state index in [2.05, 4.69) is 10.3 Å². The van der Waals surface area contributed by atoms with Gasteiger partial charge in [0, 0.05) is 19.3 Å². The molecule has 0 fully saturated rings. The number of nitrogens with zero attached hydrogens (tertiary/aromatic N) is 1. The molecule has 0 saturated heterocycles. The Balaban J connectivity index is 2.49. The molecule has 0 aromatic heterocycles. The zero-order chi connectivity index (χ0) is 7.40. The predicted molar refractivity (Wildman–Crippen MR) is 37.4 cm³/mol. The molecule has 1 atom stereocenters. The van der Waals surface area contributed by atoms with Crippen LogP contribution in [0.2, 0.25) is 0 Å². The number of aliphatic imine (C=N–C) groups is 1. The maximum absolute atomic E-state index is 10.4. The minimum atomic E-state index is -0.856. The lowest BCUT2D eigenvalue weighted by molar-refractivity contribution is -0.138. The summed E-state index contributed by atoms with van der Waals surface area (Å²) in [5.74, 6) is -0.856. The molecule has 0 aliphatic carbocycles. The molecule has 0 spiro atoms. The quantitative estimate of drug-likeness (QED) is 0.519. The summed E-state index contributed by atoms with van der Waals surface area (Å²) >= 11 is 0. The van der Waals surface area contributed by atoms with Crippen molar-refractivity contribution in [3.8, 4) is 0 Å². The summed E-state index contributed by atoms with van der Waals surface area (Å²) in [4.78, 5) is 14.2. The third-order valence-electron chi connectivity index (χ3n) is 1.36. The minimum Gasteiger partial charge on any atom is -0.480 e. The second-order valence-electron chi connectivity index (χ2n) is 2.18. The van der Waals surface area contributed by atoms with Gasteiger partial charge in [-0.2, -0.15) is 0 Å². The van der Waals surface area contributed by atoms with E-state index < -0.39 is 12.0 Å². The van der Waals surface area contributed by atoms with E-state index in [9.17, 15) is 4.79 Å². The van der Waals surface area contributed by atoms with E-state index in [0.29, 0.717) is 6.54 Å². The average molecular weight is 142 g/mol. The van der Waals surface area contributed by atoms with Crippen molar-refractivity contribution in [2.45, 2.75) is 12.5 Å². The van der Waals surface area contributed by atoms with Gasteiger partial charge in [0.2, 0.25) is 0 Å². The lowest BCUT2D eigenvalue weighted by atomic mass is 10.3. The summed E-state index contributed by atoms with van der Waals surface area (Å²) in [6.07, 6.45) is 2.49. The van der Waals surface area contributed by atoms with E-state index in [1.807, 2.05) is 0 Å². The van der Waals surface area contributed by atoms with Crippen LogP contribution in [0.5, 0.6) is 0 Å². The largest absolute Gasteiger partial charge is 0.480 e. The standard InChI is InChI=1S/C6H10N2O2/c9-6(10)5-4-7-2-1-3-8-5/h3,5,7H,1-2,4H2,(H,9,10). The lowest BCUT2D eigenvalue weighted by Gasteiger charge is -2.03. The van der Waals surface area contributed by atoms with Crippen LogP contribution in [0.15, 0.2) is 4.99 Å². The SMILES string of the molecule is O=C(O)C1CNCCC=N1. The van der Waals surface area contributed by atoms with Crippen molar-refractivity contribution in [1.82, 2.24) is 5.32 Å². The molecule has 0 bridgehead atoms. The van der Waals surface area contributed by atoms with Crippen LogP contribution in [0.4, 0.5) is 0 Å². The molecule has 0 amide bonds. The van der Waals surface area contributed by atoms with Crippen molar-refractivity contribution in [1.29, 1.82) is 0 Å². The average Bonchev–Trinajstić information content (AvgIpc) is 2.12. The van der Waals surface area contributed by atoms with Crippen molar-refractivity contribution in [2.24, 2.45) is 4.99 Å². The fourth-order valence-electron chi connectivity index (χ4n) is 0.811. The molecule has 1 rings (SSSR count). The highest BCUT2D eigenvalue weighted by atomic mass is 16.4. The van der Waals surface area contributed by atoms with Crippen molar-refractivity contribution in [3.05, 3.63) is 0 Å². The van der Waals surface area contributed by atoms with Gasteiger partial charge < -0.3 is 10.4 Å². The van der Waals surface area contributed by atoms with E-state index in [-0.39, 0.29) is 0 Å². The highest BCUT2D eigenvalue weighted by Gasteiger charge is 2.15. The van der Waals surface area contributed by atoms with Crippen molar-refractivity contribution < 1.29 is 9.90 Å². The van der Waals surface area contributed by atoms with Gasteiger partial charge in [0.25, 0.3) is 0 Å². The second-order valence-corrected chi connectivity index (χ2v) is 2.18. The first-order valence-corrected chi connectivity index (χ1v) is 3.26. The first kappa shape index (κ1) is 7.21. The van der Waals surface area contributed by atoms with E-state index in [1.165, 1.54) is 0 Å². The Kier molecular flexibility index (Phi) is 2.39. The van der Waals surface area contributed by atoms with E-state index >= 15 is 0 Å². The van der Waals surface area contributed by atoms with Gasteiger partial charge in [0.1, 0.15) is 0 Å². The van der Waals surface area contributed by atoms with Crippen LogP contribution in [0, 0.1) is 0 Å².